The van der Waals surface area contributed by atoms with Crippen LogP contribution in [0, 0.1) is 0 Å². The molecule has 1 aliphatic rings. The van der Waals surface area contributed by atoms with Crippen LogP contribution in [0.1, 0.15) is 18.6 Å². The zero-order chi connectivity index (χ0) is 10.1. The molecule has 0 aliphatic carbocycles. The van der Waals surface area contributed by atoms with Gasteiger partial charge in [0.2, 0.25) is 6.79 Å². The van der Waals surface area contributed by atoms with Crippen molar-refractivity contribution in [1.82, 2.24) is 0 Å². The first kappa shape index (κ1) is 9.15. The maximum Gasteiger partial charge on any atom is 0.231 e. The topological polar surface area (TPSA) is 47.9 Å². The lowest BCUT2D eigenvalue weighted by atomic mass is 10.1. The summed E-state index contributed by atoms with van der Waals surface area (Å²) in [4.78, 5) is 0. The smallest absolute Gasteiger partial charge is 0.231 e. The van der Waals surface area contributed by atoms with Crippen molar-refractivity contribution in [3.63, 3.8) is 0 Å². The number of aliphatic hydroxyl groups is 1. The van der Waals surface area contributed by atoms with Crippen LogP contribution in [0.4, 0.5) is 0 Å². The van der Waals surface area contributed by atoms with Crippen LogP contribution in [0.25, 0.3) is 0 Å². The Morgan fingerprint density at radius 1 is 1.36 bits per heavy atom. The fourth-order valence-electron chi connectivity index (χ4n) is 1.44. The number of hydrogen-bond acceptors (Lipinski definition) is 4. The van der Waals surface area contributed by atoms with Crippen molar-refractivity contribution >= 4 is 0 Å². The molecule has 0 saturated carbocycles. The van der Waals surface area contributed by atoms with Gasteiger partial charge in [0.25, 0.3) is 0 Å². The van der Waals surface area contributed by atoms with E-state index in [-0.39, 0.29) is 6.79 Å². The van der Waals surface area contributed by atoms with Crippen molar-refractivity contribution < 1.29 is 19.3 Å². The summed E-state index contributed by atoms with van der Waals surface area (Å²) in [5, 5.41) is 9.49. The third-order valence-electron chi connectivity index (χ3n) is 2.18. The number of rotatable bonds is 2. The highest BCUT2D eigenvalue weighted by atomic mass is 16.7. The Balaban J connectivity index is 2.49. The highest BCUT2D eigenvalue weighted by Crippen LogP contribution is 2.40. The summed E-state index contributed by atoms with van der Waals surface area (Å²) in [6.45, 7) is 1.90. The van der Waals surface area contributed by atoms with Crippen LogP contribution in [0.5, 0.6) is 17.2 Å². The van der Waals surface area contributed by atoms with Crippen molar-refractivity contribution in [2.24, 2.45) is 0 Å². The zero-order valence-electron chi connectivity index (χ0n) is 8.11. The first-order valence-electron chi connectivity index (χ1n) is 4.38. The van der Waals surface area contributed by atoms with Crippen LogP contribution < -0.4 is 14.2 Å². The Morgan fingerprint density at radius 2 is 2.00 bits per heavy atom. The van der Waals surface area contributed by atoms with E-state index in [0.29, 0.717) is 22.8 Å². The third-order valence-corrected chi connectivity index (χ3v) is 2.18. The van der Waals surface area contributed by atoms with Crippen LogP contribution in [-0.4, -0.2) is 19.0 Å². The van der Waals surface area contributed by atoms with Gasteiger partial charge in [-0.05, 0) is 13.0 Å². The zero-order valence-corrected chi connectivity index (χ0v) is 8.11. The first-order valence-corrected chi connectivity index (χ1v) is 4.38. The van der Waals surface area contributed by atoms with E-state index in [9.17, 15) is 5.11 Å². The number of fused-ring (bicyclic) bond motifs is 1. The highest BCUT2D eigenvalue weighted by molar-refractivity contribution is 5.52. The molecule has 1 heterocycles. The van der Waals surface area contributed by atoms with Gasteiger partial charge in [-0.25, -0.2) is 0 Å². The molecule has 0 spiro atoms. The minimum Gasteiger partial charge on any atom is -0.496 e. The minimum absolute atomic E-state index is 0.224. The van der Waals surface area contributed by atoms with E-state index in [1.807, 2.05) is 0 Å². The van der Waals surface area contributed by atoms with Gasteiger partial charge >= 0.3 is 0 Å². The Hall–Kier alpha value is -1.42. The molecular formula is C10H12O4. The second-order valence-corrected chi connectivity index (χ2v) is 3.12. The fraction of sp³-hybridized carbons (Fsp3) is 0.400. The Bertz CT molecular complexity index is 346. The van der Waals surface area contributed by atoms with Crippen molar-refractivity contribution in [3.8, 4) is 17.2 Å². The first-order chi connectivity index (χ1) is 6.72. The summed E-state index contributed by atoms with van der Waals surface area (Å²) in [6, 6.07) is 3.47. The van der Waals surface area contributed by atoms with E-state index in [1.54, 1.807) is 26.2 Å². The summed E-state index contributed by atoms with van der Waals surface area (Å²) in [6.07, 6.45) is -0.584. The number of methoxy groups -OCH3 is 1. The van der Waals surface area contributed by atoms with Crippen molar-refractivity contribution in [2.75, 3.05) is 13.9 Å². The molecule has 4 heteroatoms. The average Bonchev–Trinajstić information content (AvgIpc) is 2.62. The van der Waals surface area contributed by atoms with Gasteiger partial charge in [-0.15, -0.1) is 0 Å². The SMILES string of the molecule is COc1cc2c(cc1[C@@H](C)O)OCO2. The number of aliphatic hydroxyl groups excluding tert-OH is 1. The largest absolute Gasteiger partial charge is 0.496 e. The Kier molecular flexibility index (Phi) is 2.21. The average molecular weight is 196 g/mol. The summed E-state index contributed by atoms with van der Waals surface area (Å²) in [5.41, 5.74) is 0.705. The lowest BCUT2D eigenvalue weighted by Crippen LogP contribution is -1.96. The van der Waals surface area contributed by atoms with Gasteiger partial charge in [0.05, 0.1) is 13.2 Å². The molecule has 1 aliphatic heterocycles. The van der Waals surface area contributed by atoms with E-state index in [1.165, 1.54) is 0 Å². The molecule has 1 atom stereocenters. The molecule has 2 rings (SSSR count). The normalized spacial score (nSPS) is 15.4. The standard InChI is InChI=1S/C10H12O4/c1-6(11)7-3-9-10(14-5-13-9)4-8(7)12-2/h3-4,6,11H,5H2,1-2H3/t6-/m1/s1. The maximum absolute atomic E-state index is 9.49. The van der Waals surface area contributed by atoms with Crippen LogP contribution in [0.2, 0.25) is 0 Å². The number of ether oxygens (including phenoxy) is 3. The second kappa shape index (κ2) is 3.38. The van der Waals surface area contributed by atoms with E-state index in [0.717, 1.165) is 0 Å². The molecule has 1 aromatic carbocycles. The molecule has 0 unspecified atom stereocenters. The molecule has 76 valence electrons. The minimum atomic E-state index is -0.584. The van der Waals surface area contributed by atoms with Crippen LogP contribution in [-0.2, 0) is 0 Å². The molecule has 0 amide bonds. The van der Waals surface area contributed by atoms with Gasteiger partial charge < -0.3 is 19.3 Å². The molecule has 0 radical (unpaired) electrons. The van der Waals surface area contributed by atoms with Gasteiger partial charge in [0.1, 0.15) is 5.75 Å². The Labute approximate surface area is 82.0 Å². The highest BCUT2D eigenvalue weighted by Gasteiger charge is 2.19. The lowest BCUT2D eigenvalue weighted by molar-refractivity contribution is 0.173. The third kappa shape index (κ3) is 1.37. The van der Waals surface area contributed by atoms with Crippen LogP contribution >= 0.6 is 0 Å². The number of hydrogen-bond donors (Lipinski definition) is 1. The van der Waals surface area contributed by atoms with E-state index < -0.39 is 6.10 Å². The maximum atomic E-state index is 9.49. The van der Waals surface area contributed by atoms with Crippen molar-refractivity contribution in [1.29, 1.82) is 0 Å². The van der Waals surface area contributed by atoms with Gasteiger partial charge in [0.15, 0.2) is 11.5 Å². The van der Waals surface area contributed by atoms with E-state index in [4.69, 9.17) is 14.2 Å². The van der Waals surface area contributed by atoms with Gasteiger partial charge in [-0.1, -0.05) is 0 Å². The quantitative estimate of drug-likeness (QED) is 0.778. The number of benzene rings is 1. The monoisotopic (exact) mass is 196 g/mol. The predicted molar refractivity (Wildman–Crippen MR) is 49.8 cm³/mol. The van der Waals surface area contributed by atoms with Crippen LogP contribution in [0.15, 0.2) is 12.1 Å². The molecule has 0 bridgehead atoms. The van der Waals surface area contributed by atoms with Crippen molar-refractivity contribution in [3.05, 3.63) is 17.7 Å². The second-order valence-electron chi connectivity index (χ2n) is 3.12. The molecule has 4 nitrogen and oxygen atoms in total. The van der Waals surface area contributed by atoms with Crippen molar-refractivity contribution in [2.45, 2.75) is 13.0 Å². The molecular weight excluding hydrogens is 184 g/mol. The molecule has 0 aromatic heterocycles. The molecule has 14 heavy (non-hydrogen) atoms. The van der Waals surface area contributed by atoms with Crippen LogP contribution in [0.3, 0.4) is 0 Å². The van der Waals surface area contributed by atoms with Gasteiger partial charge in [-0.2, -0.15) is 0 Å². The predicted octanol–water partition coefficient (Wildman–Crippen LogP) is 1.48. The van der Waals surface area contributed by atoms with E-state index in [2.05, 4.69) is 0 Å². The Morgan fingerprint density at radius 3 is 2.57 bits per heavy atom. The molecule has 1 N–H and O–H groups in total. The summed E-state index contributed by atoms with van der Waals surface area (Å²) < 4.78 is 15.5. The lowest BCUT2D eigenvalue weighted by Gasteiger charge is -2.11. The summed E-state index contributed by atoms with van der Waals surface area (Å²) in [7, 11) is 1.56. The fourth-order valence-corrected chi connectivity index (χ4v) is 1.44. The van der Waals surface area contributed by atoms with Gasteiger partial charge in [-0.3, -0.25) is 0 Å². The summed E-state index contributed by atoms with van der Waals surface area (Å²) >= 11 is 0. The van der Waals surface area contributed by atoms with Gasteiger partial charge in [0, 0.05) is 11.6 Å². The molecule has 0 fully saturated rings. The summed E-state index contributed by atoms with van der Waals surface area (Å²) in [5.74, 6) is 1.93. The molecule has 1 aromatic rings. The molecule has 0 saturated heterocycles. The van der Waals surface area contributed by atoms with E-state index >= 15 is 0 Å².